The summed E-state index contributed by atoms with van der Waals surface area (Å²) in [4.78, 5) is 10.9. The lowest BCUT2D eigenvalue weighted by molar-refractivity contribution is 0.0696. The molecule has 21 heavy (non-hydrogen) atoms. The number of hydrogen-bond donors (Lipinski definition) is 1. The van der Waals surface area contributed by atoms with Crippen LogP contribution in [-0.4, -0.2) is 11.1 Å². The number of carboxylic acids is 1. The van der Waals surface area contributed by atoms with Gasteiger partial charge in [0.15, 0.2) is 17.4 Å². The summed E-state index contributed by atoms with van der Waals surface area (Å²) in [6.45, 7) is 0. The van der Waals surface area contributed by atoms with E-state index in [0.29, 0.717) is 0 Å². The van der Waals surface area contributed by atoms with Crippen molar-refractivity contribution in [1.82, 2.24) is 0 Å². The number of hydrogen-bond acceptors (Lipinski definition) is 3. The SMILES string of the molecule is N#Cc1cc(F)c(Oc2ccc(Cl)c(C(=O)O)c2)c(F)c1. The van der Waals surface area contributed by atoms with E-state index in [-0.39, 0.29) is 21.9 Å². The number of aromatic carboxylic acids is 1. The largest absolute Gasteiger partial charge is 0.478 e. The van der Waals surface area contributed by atoms with Gasteiger partial charge in [0, 0.05) is 0 Å². The zero-order chi connectivity index (χ0) is 15.6. The van der Waals surface area contributed by atoms with Crippen LogP contribution in [-0.2, 0) is 0 Å². The zero-order valence-corrected chi connectivity index (χ0v) is 11.0. The zero-order valence-electron chi connectivity index (χ0n) is 10.2. The van der Waals surface area contributed by atoms with E-state index in [1.54, 1.807) is 6.07 Å². The number of rotatable bonds is 3. The molecule has 2 aromatic rings. The second kappa shape index (κ2) is 5.77. The standard InChI is InChI=1S/C14H6ClF2NO3/c15-10-2-1-8(5-9(10)14(19)20)21-13-11(16)3-7(6-18)4-12(13)17/h1-5H,(H,19,20). The number of nitrogens with zero attached hydrogens (tertiary/aromatic N) is 1. The first kappa shape index (κ1) is 14.8. The predicted molar refractivity (Wildman–Crippen MR) is 69.6 cm³/mol. The molecular weight excluding hydrogens is 304 g/mol. The Morgan fingerprint density at radius 3 is 2.38 bits per heavy atom. The fraction of sp³-hybridized carbons (Fsp3) is 0. The molecule has 0 aromatic heterocycles. The molecule has 0 saturated heterocycles. The minimum absolute atomic E-state index is 0.0318. The Hall–Kier alpha value is -2.65. The van der Waals surface area contributed by atoms with Gasteiger partial charge in [-0.25, -0.2) is 13.6 Å². The average molecular weight is 310 g/mol. The van der Waals surface area contributed by atoms with Crippen molar-refractivity contribution in [3.63, 3.8) is 0 Å². The van der Waals surface area contributed by atoms with Gasteiger partial charge in [0.2, 0.25) is 0 Å². The summed E-state index contributed by atoms with van der Waals surface area (Å²) in [5, 5.41) is 17.5. The number of nitriles is 1. The summed E-state index contributed by atoms with van der Waals surface area (Å²) in [5.41, 5.74) is -0.455. The smallest absolute Gasteiger partial charge is 0.337 e. The monoisotopic (exact) mass is 309 g/mol. The Bertz CT molecular complexity index is 748. The molecule has 0 heterocycles. The second-order valence-electron chi connectivity index (χ2n) is 3.93. The molecule has 0 fully saturated rings. The molecule has 7 heteroatoms. The number of carbonyl (C=O) groups is 1. The third kappa shape index (κ3) is 3.09. The molecule has 2 rings (SSSR count). The molecule has 1 N–H and O–H groups in total. The van der Waals surface area contributed by atoms with Crippen LogP contribution in [0.2, 0.25) is 5.02 Å². The Kier molecular flexibility index (Phi) is 4.05. The highest BCUT2D eigenvalue weighted by Gasteiger charge is 2.16. The van der Waals surface area contributed by atoms with Crippen LogP contribution in [0.1, 0.15) is 15.9 Å². The predicted octanol–water partition coefficient (Wildman–Crippen LogP) is 3.98. The van der Waals surface area contributed by atoms with Crippen LogP contribution < -0.4 is 4.74 Å². The Labute approximate surface area is 122 Å². The van der Waals surface area contributed by atoms with Gasteiger partial charge in [0.25, 0.3) is 0 Å². The maximum absolute atomic E-state index is 13.7. The van der Waals surface area contributed by atoms with Gasteiger partial charge in [-0.05, 0) is 30.3 Å². The molecular formula is C14H6ClF2NO3. The van der Waals surface area contributed by atoms with Crippen LogP contribution >= 0.6 is 11.6 Å². The molecule has 0 amide bonds. The van der Waals surface area contributed by atoms with Crippen LogP contribution in [0.4, 0.5) is 8.78 Å². The summed E-state index contributed by atoms with van der Waals surface area (Å²) < 4.78 is 32.3. The van der Waals surface area contributed by atoms with Crippen molar-refractivity contribution in [2.75, 3.05) is 0 Å². The van der Waals surface area contributed by atoms with Gasteiger partial charge >= 0.3 is 5.97 Å². The maximum atomic E-state index is 13.7. The summed E-state index contributed by atoms with van der Waals surface area (Å²) in [5.74, 6) is -4.27. The van der Waals surface area contributed by atoms with Gasteiger partial charge in [-0.1, -0.05) is 11.6 Å². The Morgan fingerprint density at radius 1 is 1.24 bits per heavy atom. The molecule has 0 spiro atoms. The van der Waals surface area contributed by atoms with Crippen molar-refractivity contribution in [3.8, 4) is 17.6 Å². The molecule has 0 saturated carbocycles. The first-order chi connectivity index (χ1) is 9.92. The number of halogens is 3. The average Bonchev–Trinajstić information content (AvgIpc) is 2.43. The highest BCUT2D eigenvalue weighted by molar-refractivity contribution is 6.33. The van der Waals surface area contributed by atoms with Gasteiger partial charge in [-0.2, -0.15) is 5.26 Å². The summed E-state index contributed by atoms with van der Waals surface area (Å²) in [6.07, 6.45) is 0. The van der Waals surface area contributed by atoms with Gasteiger partial charge in [0.1, 0.15) is 5.75 Å². The van der Waals surface area contributed by atoms with Crippen LogP contribution in [0.5, 0.6) is 11.5 Å². The quantitative estimate of drug-likeness (QED) is 0.931. The lowest BCUT2D eigenvalue weighted by Crippen LogP contribution is -1.99. The van der Waals surface area contributed by atoms with Crippen molar-refractivity contribution in [2.24, 2.45) is 0 Å². The van der Waals surface area contributed by atoms with E-state index < -0.39 is 23.4 Å². The van der Waals surface area contributed by atoms with E-state index in [9.17, 15) is 13.6 Å². The van der Waals surface area contributed by atoms with Gasteiger partial charge in [0.05, 0.1) is 22.2 Å². The van der Waals surface area contributed by atoms with Crippen molar-refractivity contribution in [2.45, 2.75) is 0 Å². The fourth-order valence-corrected chi connectivity index (χ4v) is 1.77. The van der Waals surface area contributed by atoms with Gasteiger partial charge in [-0.3, -0.25) is 0 Å². The van der Waals surface area contributed by atoms with Crippen LogP contribution in [0, 0.1) is 23.0 Å². The van der Waals surface area contributed by atoms with Crippen molar-refractivity contribution < 1.29 is 23.4 Å². The molecule has 2 aromatic carbocycles. The Balaban J connectivity index is 2.42. The molecule has 0 radical (unpaired) electrons. The number of carboxylic acid groups (broad SMARTS) is 1. The minimum atomic E-state index is -1.30. The highest BCUT2D eigenvalue weighted by atomic mass is 35.5. The second-order valence-corrected chi connectivity index (χ2v) is 4.34. The Morgan fingerprint density at radius 2 is 1.86 bits per heavy atom. The normalized spacial score (nSPS) is 10.0. The van der Waals surface area contributed by atoms with Crippen LogP contribution in [0.15, 0.2) is 30.3 Å². The topological polar surface area (TPSA) is 70.3 Å². The molecule has 0 bridgehead atoms. The number of ether oxygens (including phenoxy) is 1. The molecule has 106 valence electrons. The van der Waals surface area contributed by atoms with E-state index in [2.05, 4.69) is 0 Å². The third-order valence-electron chi connectivity index (χ3n) is 2.52. The van der Waals surface area contributed by atoms with E-state index in [4.69, 9.17) is 26.7 Å². The lowest BCUT2D eigenvalue weighted by atomic mass is 10.2. The summed E-state index contributed by atoms with van der Waals surface area (Å²) >= 11 is 5.68. The first-order valence-corrected chi connectivity index (χ1v) is 5.90. The van der Waals surface area contributed by atoms with Crippen LogP contribution in [0.25, 0.3) is 0 Å². The molecule has 0 atom stereocenters. The van der Waals surface area contributed by atoms with E-state index in [1.807, 2.05) is 0 Å². The van der Waals surface area contributed by atoms with Crippen LogP contribution in [0.3, 0.4) is 0 Å². The van der Waals surface area contributed by atoms with E-state index in [1.165, 1.54) is 12.1 Å². The van der Waals surface area contributed by atoms with Crippen molar-refractivity contribution >= 4 is 17.6 Å². The molecule has 4 nitrogen and oxygen atoms in total. The van der Waals surface area contributed by atoms with Gasteiger partial charge < -0.3 is 9.84 Å². The number of benzene rings is 2. The molecule has 0 aliphatic heterocycles. The summed E-state index contributed by atoms with van der Waals surface area (Å²) in [7, 11) is 0. The highest BCUT2D eigenvalue weighted by Crippen LogP contribution is 2.30. The summed E-state index contributed by atoms with van der Waals surface area (Å²) in [6, 6.07) is 6.77. The molecule has 0 aliphatic rings. The molecule has 0 unspecified atom stereocenters. The molecule has 0 aliphatic carbocycles. The van der Waals surface area contributed by atoms with Crippen molar-refractivity contribution in [3.05, 3.63) is 58.1 Å². The van der Waals surface area contributed by atoms with E-state index in [0.717, 1.165) is 18.2 Å². The van der Waals surface area contributed by atoms with Gasteiger partial charge in [-0.15, -0.1) is 0 Å². The van der Waals surface area contributed by atoms with E-state index >= 15 is 0 Å². The first-order valence-electron chi connectivity index (χ1n) is 5.52. The lowest BCUT2D eigenvalue weighted by Gasteiger charge is -2.09. The fourth-order valence-electron chi connectivity index (χ4n) is 1.57. The van der Waals surface area contributed by atoms with Crippen molar-refractivity contribution in [1.29, 1.82) is 5.26 Å². The minimum Gasteiger partial charge on any atom is -0.478 e. The third-order valence-corrected chi connectivity index (χ3v) is 2.85. The maximum Gasteiger partial charge on any atom is 0.337 e.